The van der Waals surface area contributed by atoms with Gasteiger partial charge in [-0.15, -0.1) is 0 Å². The Labute approximate surface area is 596 Å². The molecule has 0 aliphatic heterocycles. The summed E-state index contributed by atoms with van der Waals surface area (Å²) in [5, 5.41) is 42.5. The molecule has 3 unspecified atom stereocenters. The standard InChI is InChI=1S/C28H39N5O4Si.C26H34N6O3Si.C20H20N6O2/c1-31(2)10-8-9-25(34)24-18-33(19-37-11-12-38(5,6)7)27-23(24)14-21(17-30-27)20-13-22(16-29-15-20)26(35)28(36)32(3)4;1-30(2)26(34)24(33)20-11-18(13-27-14-20)19-12-21-22(23-7-8-29-31(23)3)16-32(25(21)28-15-19)17-35-9-10-36(4,5)6;1-25(2)20(28)18(27)14-6-12(8-21-9-14)13-7-15-16(11-23-19(15)22-10-13)17-4-5-24-26(17)3/h8-9,13-18,26,35H,10-12,19H2,1-7H3;7-8,11-16,24,33H,9-10,17H2,1-6H3;4-11,18,27H,1-3H3,(H,22,23)/b9-8+;;. The minimum atomic E-state index is -1.32. The Morgan fingerprint density at radius 2 is 0.922 bits per heavy atom. The average molecular weight is 1420 g/mol. The van der Waals surface area contributed by atoms with E-state index in [0.29, 0.717) is 65.5 Å². The van der Waals surface area contributed by atoms with Gasteiger partial charge in [0.15, 0.2) is 24.1 Å². The molecule has 0 spiro atoms. The van der Waals surface area contributed by atoms with Crippen LogP contribution >= 0.6 is 0 Å². The lowest BCUT2D eigenvalue weighted by molar-refractivity contribution is -0.138. The predicted molar refractivity (Wildman–Crippen MR) is 401 cm³/mol. The van der Waals surface area contributed by atoms with Gasteiger partial charge in [-0.2, -0.15) is 10.2 Å². The Balaban J connectivity index is 0.000000180. The van der Waals surface area contributed by atoms with Crippen molar-refractivity contribution in [2.45, 2.75) is 83.1 Å². The van der Waals surface area contributed by atoms with Crippen LogP contribution in [0.25, 0.3) is 89.0 Å². The van der Waals surface area contributed by atoms with E-state index in [4.69, 9.17) is 14.5 Å². The molecule has 0 saturated carbocycles. The number of nitrogens with zero attached hydrogens (tertiary/aromatic N) is 16. The molecule has 0 bridgehead atoms. The number of hydrogen-bond donors (Lipinski definition) is 4. The van der Waals surface area contributed by atoms with Crippen molar-refractivity contribution >= 4 is 72.8 Å². The monoisotopic (exact) mass is 1420 g/mol. The van der Waals surface area contributed by atoms with Crippen LogP contribution in [0.1, 0.15) is 45.4 Å². The number of aromatic nitrogens is 13. The number of nitrogens with one attached hydrogen (secondary N) is 1. The van der Waals surface area contributed by atoms with E-state index >= 15 is 0 Å². The average Bonchev–Trinajstić information content (AvgIpc) is 1.62. The third-order valence-corrected chi connectivity index (χ3v) is 20.3. The Hall–Kier alpha value is -10.0. The summed E-state index contributed by atoms with van der Waals surface area (Å²) in [4.78, 5) is 85.6. The summed E-state index contributed by atoms with van der Waals surface area (Å²) in [7, 11) is 14.9. The van der Waals surface area contributed by atoms with Crippen LogP contribution in [0.5, 0.6) is 0 Å². The molecule has 0 aromatic carbocycles. The third kappa shape index (κ3) is 18.9. The van der Waals surface area contributed by atoms with Crippen molar-refractivity contribution in [3.05, 3.63) is 170 Å². The van der Waals surface area contributed by atoms with E-state index in [2.05, 4.69) is 91.6 Å². The van der Waals surface area contributed by atoms with Gasteiger partial charge in [0.1, 0.15) is 30.4 Å². The number of rotatable bonds is 25. The maximum absolute atomic E-state index is 13.2. The summed E-state index contributed by atoms with van der Waals surface area (Å²) < 4.78 is 19.5. The van der Waals surface area contributed by atoms with Crippen LogP contribution < -0.4 is 0 Å². The largest absolute Gasteiger partial charge is 0.378 e. The number of hydrogen-bond acceptors (Lipinski definition) is 18. The van der Waals surface area contributed by atoms with Crippen molar-refractivity contribution in [1.29, 1.82) is 0 Å². The summed E-state index contributed by atoms with van der Waals surface area (Å²) >= 11 is 0. The number of ether oxygens (including phenoxy) is 2. The second-order valence-corrected chi connectivity index (χ2v) is 39.6. The predicted octanol–water partition coefficient (Wildman–Crippen LogP) is 9.91. The van der Waals surface area contributed by atoms with Gasteiger partial charge in [0.05, 0.1) is 11.4 Å². The van der Waals surface area contributed by atoms with Crippen molar-refractivity contribution < 1.29 is 44.0 Å². The summed E-state index contributed by atoms with van der Waals surface area (Å²) in [6.07, 6.45) is 23.6. The van der Waals surface area contributed by atoms with E-state index in [-0.39, 0.29) is 5.78 Å². The number of aryl methyl sites for hydroxylation is 2. The van der Waals surface area contributed by atoms with Crippen LogP contribution in [0.3, 0.4) is 0 Å². The second-order valence-electron chi connectivity index (χ2n) is 28.4. The maximum Gasteiger partial charge on any atom is 0.255 e. The number of likely N-dealkylation sites (N-methyl/N-ethyl adjacent to an activating group) is 4. The minimum Gasteiger partial charge on any atom is -0.378 e. The Morgan fingerprint density at radius 3 is 1.34 bits per heavy atom. The second kappa shape index (κ2) is 33.2. The van der Waals surface area contributed by atoms with Crippen LogP contribution in [0.4, 0.5) is 0 Å². The highest BCUT2D eigenvalue weighted by atomic mass is 28.3. The molecule has 11 aromatic heterocycles. The number of carbonyl (C=O) groups excluding carboxylic acids is 4. The summed E-state index contributed by atoms with van der Waals surface area (Å²) in [5.41, 5.74) is 12.6. The van der Waals surface area contributed by atoms with Crippen molar-refractivity contribution in [3.63, 3.8) is 0 Å². The number of allylic oxidation sites excluding steroid dienone is 1. The van der Waals surface area contributed by atoms with E-state index in [1.54, 1.807) is 127 Å². The molecule has 0 saturated heterocycles. The molecule has 4 N–H and O–H groups in total. The number of H-pyrrole nitrogens is 1. The van der Waals surface area contributed by atoms with Gasteiger partial charge in [-0.3, -0.25) is 43.5 Å². The normalized spacial score (nSPS) is 12.7. The minimum absolute atomic E-state index is 0.115. The first kappa shape index (κ1) is 76.1. The van der Waals surface area contributed by atoms with Gasteiger partial charge in [0.25, 0.3) is 17.7 Å². The highest BCUT2D eigenvalue weighted by Gasteiger charge is 2.26. The lowest BCUT2D eigenvalue weighted by atomic mass is 10.0. The maximum atomic E-state index is 13.2. The fourth-order valence-electron chi connectivity index (χ4n) is 10.9. The first-order chi connectivity index (χ1) is 48.4. The first-order valence-corrected chi connectivity index (χ1v) is 40.8. The Bertz CT molecular complexity index is 4790. The molecular formula is C74H93N17O9Si2. The smallest absolute Gasteiger partial charge is 0.255 e. The highest BCUT2D eigenvalue weighted by molar-refractivity contribution is 6.76. The molecular weight excluding hydrogens is 1330 g/mol. The number of aromatic amines is 1. The zero-order chi connectivity index (χ0) is 73.9. The van der Waals surface area contributed by atoms with E-state index in [1.807, 2.05) is 83.4 Å². The van der Waals surface area contributed by atoms with Crippen LogP contribution in [-0.4, -0.2) is 214 Å². The van der Waals surface area contributed by atoms with E-state index in [0.717, 1.165) is 91.1 Å². The van der Waals surface area contributed by atoms with Crippen LogP contribution in [0, 0.1) is 0 Å². The number of carbonyl (C=O) groups is 4. The molecule has 536 valence electrons. The molecule has 28 heteroatoms. The van der Waals surface area contributed by atoms with Gasteiger partial charge >= 0.3 is 0 Å². The van der Waals surface area contributed by atoms with Gasteiger partial charge in [-0.05, 0) is 80.8 Å². The zero-order valence-corrected chi connectivity index (χ0v) is 63.0. The molecule has 11 aromatic rings. The molecule has 3 atom stereocenters. The number of amides is 3. The van der Waals surface area contributed by atoms with Gasteiger partial charge in [0.2, 0.25) is 0 Å². The Morgan fingerprint density at radius 1 is 0.520 bits per heavy atom. The molecule has 0 aliphatic rings. The quantitative estimate of drug-likeness (QED) is 0.0179. The molecule has 11 rings (SSSR count). The van der Waals surface area contributed by atoms with Gasteiger partial charge in [-0.25, -0.2) is 15.0 Å². The van der Waals surface area contributed by atoms with Crippen LogP contribution in [0.15, 0.2) is 147 Å². The van der Waals surface area contributed by atoms with Gasteiger partial charge in [0, 0.05) is 262 Å². The molecule has 102 heavy (non-hydrogen) atoms. The highest BCUT2D eigenvalue weighted by Crippen LogP contribution is 2.36. The van der Waals surface area contributed by atoms with Gasteiger partial charge in [-0.1, -0.05) is 45.4 Å². The van der Waals surface area contributed by atoms with E-state index in [9.17, 15) is 34.5 Å². The molecule has 11 heterocycles. The van der Waals surface area contributed by atoms with Crippen molar-refractivity contribution in [2.75, 3.05) is 76.1 Å². The molecule has 0 aliphatic carbocycles. The first-order valence-electron chi connectivity index (χ1n) is 33.3. The third-order valence-electron chi connectivity index (χ3n) is 16.9. The number of aliphatic hydroxyl groups excluding tert-OH is 3. The number of pyridine rings is 6. The molecule has 26 nitrogen and oxygen atoms in total. The summed E-state index contributed by atoms with van der Waals surface area (Å²) in [6, 6.07) is 17.3. The van der Waals surface area contributed by atoms with E-state index < -0.39 is 52.2 Å². The number of fused-ring (bicyclic) bond motifs is 3. The van der Waals surface area contributed by atoms with Crippen LogP contribution in [0.2, 0.25) is 51.4 Å². The Kier molecular flexibility index (Phi) is 24.8. The van der Waals surface area contributed by atoms with E-state index in [1.165, 1.54) is 33.3 Å². The molecule has 0 fully saturated rings. The number of ketones is 1. The SMILES string of the molecule is CN(C)C(=O)C(O)c1cncc(-c2cnc3[nH]cc(-c4ccnn4C)c3c2)c1.CN(C)C(=O)C(O)c1cncc(-c2cnc3c(c2)c(-c2ccnn2C)cn3COCC[Si](C)(C)C)c1.CN(C)C/C=C/C(=O)c1cn(COCC[Si](C)(C)C)c2ncc(-c3cncc(C(O)C(=O)N(C)C)c3)cc12. The van der Waals surface area contributed by atoms with Crippen molar-refractivity contribution in [2.24, 2.45) is 14.1 Å². The van der Waals surface area contributed by atoms with Crippen molar-refractivity contribution in [3.8, 4) is 55.9 Å². The zero-order valence-electron chi connectivity index (χ0n) is 61.0. The van der Waals surface area contributed by atoms with Gasteiger partial charge < -0.3 is 58.5 Å². The fourth-order valence-corrected chi connectivity index (χ4v) is 12.4. The summed E-state index contributed by atoms with van der Waals surface area (Å²) in [5.74, 6) is -1.33. The summed E-state index contributed by atoms with van der Waals surface area (Å²) in [6.45, 7) is 16.7. The lowest BCUT2D eigenvalue weighted by Crippen LogP contribution is -2.28. The molecule has 3 amide bonds. The van der Waals surface area contributed by atoms with Crippen molar-refractivity contribution in [1.82, 2.24) is 83.2 Å². The fraction of sp³-hybridized carbons (Fsp3) is 0.351. The van der Waals surface area contributed by atoms with Crippen LogP contribution in [-0.2, 0) is 51.4 Å². The molecule has 0 radical (unpaired) electrons. The topological polar surface area (TPSA) is 299 Å². The number of aliphatic hydroxyl groups is 3. The lowest BCUT2D eigenvalue weighted by Gasteiger charge is -2.16.